The van der Waals surface area contributed by atoms with Crippen molar-refractivity contribution >= 4 is 15.9 Å². The predicted molar refractivity (Wildman–Crippen MR) is 60.9 cm³/mol. The quantitative estimate of drug-likeness (QED) is 0.837. The van der Waals surface area contributed by atoms with Crippen molar-refractivity contribution in [3.63, 3.8) is 0 Å². The van der Waals surface area contributed by atoms with E-state index in [0.29, 0.717) is 4.80 Å². The first-order valence-corrected chi connectivity index (χ1v) is 5.27. The summed E-state index contributed by atoms with van der Waals surface area (Å²) in [5.74, 6) is 1.61. The summed E-state index contributed by atoms with van der Waals surface area (Å²) < 4.78 is 10.5. The highest BCUT2D eigenvalue weighted by Gasteiger charge is 2.09. The molecule has 0 spiro atoms. The lowest BCUT2D eigenvalue weighted by Crippen LogP contribution is -1.83. The Kier molecular flexibility index (Phi) is 2.77. The number of oxazole rings is 1. The zero-order valence-electron chi connectivity index (χ0n) is 8.45. The lowest BCUT2D eigenvalue weighted by atomic mass is 10.1. The molecule has 0 fully saturated rings. The Hall–Kier alpha value is -1.29. The summed E-state index contributed by atoms with van der Waals surface area (Å²) in [5, 5.41) is 0. The van der Waals surface area contributed by atoms with Crippen LogP contribution in [0.2, 0.25) is 0 Å². The van der Waals surface area contributed by atoms with Gasteiger partial charge in [-0.1, -0.05) is 0 Å². The Labute approximate surface area is 96.2 Å². The number of nitrogens with zero attached hydrogens (tertiary/aromatic N) is 1. The Balaban J connectivity index is 2.41. The van der Waals surface area contributed by atoms with Crippen LogP contribution in [0.15, 0.2) is 33.5 Å². The van der Waals surface area contributed by atoms with Gasteiger partial charge in [-0.3, -0.25) is 0 Å². The van der Waals surface area contributed by atoms with Gasteiger partial charge in [0.15, 0.2) is 5.76 Å². The highest BCUT2D eigenvalue weighted by atomic mass is 79.9. The SMILES string of the molecule is COc1ccc(-c2oc(Br)nc2C)cc1. The van der Waals surface area contributed by atoms with Gasteiger partial charge in [0.25, 0.3) is 4.80 Å². The number of methoxy groups -OCH3 is 1. The summed E-state index contributed by atoms with van der Waals surface area (Å²) in [6.07, 6.45) is 0. The molecule has 0 unspecified atom stereocenters. The molecule has 1 aromatic carbocycles. The van der Waals surface area contributed by atoms with E-state index in [-0.39, 0.29) is 0 Å². The van der Waals surface area contributed by atoms with Crippen LogP contribution in [0.5, 0.6) is 5.75 Å². The molecule has 0 N–H and O–H groups in total. The molecule has 78 valence electrons. The Morgan fingerprint density at radius 3 is 2.40 bits per heavy atom. The molecule has 1 aromatic heterocycles. The van der Waals surface area contributed by atoms with Gasteiger partial charge in [-0.15, -0.1) is 0 Å². The first kappa shape index (κ1) is 10.2. The molecule has 0 aliphatic heterocycles. The van der Waals surface area contributed by atoms with Gasteiger partial charge in [0.2, 0.25) is 0 Å². The van der Waals surface area contributed by atoms with E-state index in [9.17, 15) is 0 Å². The van der Waals surface area contributed by atoms with Crippen molar-refractivity contribution in [1.82, 2.24) is 4.98 Å². The van der Waals surface area contributed by atoms with Crippen LogP contribution in [0, 0.1) is 6.92 Å². The third-order valence-corrected chi connectivity index (χ3v) is 2.46. The van der Waals surface area contributed by atoms with Crippen molar-refractivity contribution in [2.24, 2.45) is 0 Å². The standard InChI is InChI=1S/C11H10BrNO2/c1-7-10(15-11(12)13-7)8-3-5-9(14-2)6-4-8/h3-6H,1-2H3. The molecule has 0 amide bonds. The summed E-state index contributed by atoms with van der Waals surface area (Å²) in [4.78, 5) is 4.65. The highest BCUT2D eigenvalue weighted by Crippen LogP contribution is 2.27. The lowest BCUT2D eigenvalue weighted by Gasteiger charge is -2.00. The third kappa shape index (κ3) is 2.04. The molecular weight excluding hydrogens is 258 g/mol. The number of benzene rings is 1. The molecular formula is C11H10BrNO2. The van der Waals surface area contributed by atoms with Crippen LogP contribution in [0.25, 0.3) is 11.3 Å². The van der Waals surface area contributed by atoms with Gasteiger partial charge in [0, 0.05) is 21.5 Å². The summed E-state index contributed by atoms with van der Waals surface area (Å²) in [5.41, 5.74) is 1.86. The van der Waals surface area contributed by atoms with Crippen LogP contribution in [-0.4, -0.2) is 12.1 Å². The summed E-state index contributed by atoms with van der Waals surface area (Å²) >= 11 is 3.21. The van der Waals surface area contributed by atoms with E-state index in [4.69, 9.17) is 9.15 Å². The molecule has 15 heavy (non-hydrogen) atoms. The molecule has 0 radical (unpaired) electrons. The van der Waals surface area contributed by atoms with Crippen LogP contribution in [0.1, 0.15) is 5.69 Å². The van der Waals surface area contributed by atoms with Gasteiger partial charge in [-0.25, -0.2) is 4.98 Å². The second-order valence-corrected chi connectivity index (χ2v) is 3.79. The fraction of sp³-hybridized carbons (Fsp3) is 0.182. The van der Waals surface area contributed by atoms with E-state index in [0.717, 1.165) is 22.8 Å². The Morgan fingerprint density at radius 2 is 1.93 bits per heavy atom. The van der Waals surface area contributed by atoms with E-state index >= 15 is 0 Å². The van der Waals surface area contributed by atoms with Crippen LogP contribution < -0.4 is 4.74 Å². The number of hydrogen-bond donors (Lipinski definition) is 0. The first-order chi connectivity index (χ1) is 7.20. The normalized spacial score (nSPS) is 10.3. The number of aromatic nitrogens is 1. The van der Waals surface area contributed by atoms with Crippen molar-refractivity contribution in [2.75, 3.05) is 7.11 Å². The Bertz CT molecular complexity index is 462. The summed E-state index contributed by atoms with van der Waals surface area (Å²) in [6, 6.07) is 7.67. The number of rotatable bonds is 2. The molecule has 4 heteroatoms. The minimum atomic E-state index is 0.505. The second-order valence-electron chi connectivity index (χ2n) is 3.11. The van der Waals surface area contributed by atoms with Gasteiger partial charge in [-0.05, 0) is 31.2 Å². The fourth-order valence-electron chi connectivity index (χ4n) is 1.37. The molecule has 0 atom stereocenters. The van der Waals surface area contributed by atoms with Crippen molar-refractivity contribution in [3.8, 4) is 17.1 Å². The van der Waals surface area contributed by atoms with Gasteiger partial charge in [0.05, 0.1) is 12.8 Å². The summed E-state index contributed by atoms with van der Waals surface area (Å²) in [6.45, 7) is 1.91. The number of aryl methyl sites for hydroxylation is 1. The minimum Gasteiger partial charge on any atom is -0.497 e. The fourth-order valence-corrected chi connectivity index (χ4v) is 1.80. The van der Waals surface area contributed by atoms with Crippen LogP contribution in [0.4, 0.5) is 0 Å². The van der Waals surface area contributed by atoms with Crippen molar-refractivity contribution in [1.29, 1.82) is 0 Å². The van der Waals surface area contributed by atoms with Gasteiger partial charge >= 0.3 is 0 Å². The average Bonchev–Trinajstić information content (AvgIpc) is 2.58. The zero-order chi connectivity index (χ0) is 10.8. The van der Waals surface area contributed by atoms with E-state index < -0.39 is 0 Å². The van der Waals surface area contributed by atoms with Crippen molar-refractivity contribution < 1.29 is 9.15 Å². The maximum atomic E-state index is 5.44. The molecule has 0 aliphatic rings. The zero-order valence-corrected chi connectivity index (χ0v) is 10.0. The van der Waals surface area contributed by atoms with Crippen LogP contribution >= 0.6 is 15.9 Å². The average molecular weight is 268 g/mol. The maximum Gasteiger partial charge on any atom is 0.264 e. The molecule has 0 saturated heterocycles. The third-order valence-electron chi connectivity index (χ3n) is 2.12. The van der Waals surface area contributed by atoms with Crippen LogP contribution in [-0.2, 0) is 0 Å². The molecule has 0 bridgehead atoms. The van der Waals surface area contributed by atoms with E-state index in [1.165, 1.54) is 0 Å². The van der Waals surface area contributed by atoms with Gasteiger partial charge in [-0.2, -0.15) is 0 Å². The van der Waals surface area contributed by atoms with E-state index in [1.807, 2.05) is 31.2 Å². The monoisotopic (exact) mass is 267 g/mol. The predicted octanol–water partition coefficient (Wildman–Crippen LogP) is 3.42. The lowest BCUT2D eigenvalue weighted by molar-refractivity contribution is 0.415. The van der Waals surface area contributed by atoms with Crippen molar-refractivity contribution in [3.05, 3.63) is 34.8 Å². The van der Waals surface area contributed by atoms with E-state index in [2.05, 4.69) is 20.9 Å². The minimum absolute atomic E-state index is 0.505. The molecule has 3 nitrogen and oxygen atoms in total. The van der Waals surface area contributed by atoms with Gasteiger partial charge < -0.3 is 9.15 Å². The highest BCUT2D eigenvalue weighted by molar-refractivity contribution is 9.10. The number of ether oxygens (including phenoxy) is 1. The summed E-state index contributed by atoms with van der Waals surface area (Å²) in [7, 11) is 1.64. The van der Waals surface area contributed by atoms with Crippen molar-refractivity contribution in [2.45, 2.75) is 6.92 Å². The topological polar surface area (TPSA) is 35.3 Å². The van der Waals surface area contributed by atoms with E-state index in [1.54, 1.807) is 7.11 Å². The smallest absolute Gasteiger partial charge is 0.264 e. The van der Waals surface area contributed by atoms with Gasteiger partial charge in [0.1, 0.15) is 5.75 Å². The van der Waals surface area contributed by atoms with Crippen LogP contribution in [0.3, 0.4) is 0 Å². The molecule has 0 saturated carbocycles. The molecule has 2 rings (SSSR count). The first-order valence-electron chi connectivity index (χ1n) is 4.48. The molecule has 1 heterocycles. The molecule has 2 aromatic rings. The number of halogens is 1. The maximum absolute atomic E-state index is 5.44. The Morgan fingerprint density at radius 1 is 1.27 bits per heavy atom. The number of hydrogen-bond acceptors (Lipinski definition) is 3. The second kappa shape index (κ2) is 4.06. The largest absolute Gasteiger partial charge is 0.497 e. The molecule has 0 aliphatic carbocycles.